The van der Waals surface area contributed by atoms with Gasteiger partial charge in [-0.25, -0.2) is 4.79 Å². The molecule has 3 nitrogen and oxygen atoms in total. The molecule has 0 saturated carbocycles. The molecule has 1 rings (SSSR count). The molecule has 0 unspecified atom stereocenters. The number of aliphatic hydroxyl groups excluding tert-OH is 1. The zero-order valence-electron chi connectivity index (χ0n) is 7.27. The Labute approximate surface area is 86.3 Å². The molecular weight excluding hydrogens is 204 g/mol. The van der Waals surface area contributed by atoms with Gasteiger partial charge in [-0.15, -0.1) is 0 Å². The minimum atomic E-state index is -1.06. The SMILES string of the molecule is O=C(O)c1cccc(C=CCO)c1Cl. The lowest BCUT2D eigenvalue weighted by atomic mass is 10.1. The highest BCUT2D eigenvalue weighted by atomic mass is 35.5. The average molecular weight is 213 g/mol. The molecule has 0 aliphatic heterocycles. The zero-order valence-corrected chi connectivity index (χ0v) is 8.03. The number of hydrogen-bond donors (Lipinski definition) is 2. The van der Waals surface area contributed by atoms with Crippen molar-refractivity contribution in [2.24, 2.45) is 0 Å². The third-order valence-corrected chi connectivity index (χ3v) is 2.08. The van der Waals surface area contributed by atoms with Gasteiger partial charge >= 0.3 is 5.97 Å². The van der Waals surface area contributed by atoms with Crippen molar-refractivity contribution >= 4 is 23.6 Å². The molecule has 0 aliphatic rings. The minimum absolute atomic E-state index is 0.0618. The maximum Gasteiger partial charge on any atom is 0.337 e. The second-order valence-corrected chi connectivity index (χ2v) is 2.98. The number of rotatable bonds is 3. The van der Waals surface area contributed by atoms with Gasteiger partial charge in [0.05, 0.1) is 17.2 Å². The van der Waals surface area contributed by atoms with E-state index in [1.165, 1.54) is 12.1 Å². The molecule has 0 heterocycles. The summed E-state index contributed by atoms with van der Waals surface area (Å²) in [5, 5.41) is 17.5. The lowest BCUT2D eigenvalue weighted by Crippen LogP contribution is -1.97. The lowest BCUT2D eigenvalue weighted by molar-refractivity contribution is 0.0697. The molecule has 1 aromatic carbocycles. The number of aliphatic hydroxyl groups is 1. The van der Waals surface area contributed by atoms with E-state index >= 15 is 0 Å². The molecule has 0 radical (unpaired) electrons. The van der Waals surface area contributed by atoms with Gasteiger partial charge in [-0.1, -0.05) is 35.9 Å². The van der Waals surface area contributed by atoms with Crippen LogP contribution in [0, 0.1) is 0 Å². The molecular formula is C10H9ClO3. The predicted octanol–water partition coefficient (Wildman–Crippen LogP) is 2.04. The first-order valence-corrected chi connectivity index (χ1v) is 4.34. The van der Waals surface area contributed by atoms with E-state index < -0.39 is 5.97 Å². The van der Waals surface area contributed by atoms with Crippen LogP contribution in [0.4, 0.5) is 0 Å². The smallest absolute Gasteiger partial charge is 0.337 e. The van der Waals surface area contributed by atoms with E-state index in [2.05, 4.69) is 0 Å². The first kappa shape index (κ1) is 10.8. The van der Waals surface area contributed by atoms with E-state index in [0.717, 1.165) is 0 Å². The van der Waals surface area contributed by atoms with Crippen molar-refractivity contribution in [3.63, 3.8) is 0 Å². The molecule has 0 saturated heterocycles. The Kier molecular flexibility index (Phi) is 3.68. The molecule has 14 heavy (non-hydrogen) atoms. The van der Waals surface area contributed by atoms with E-state index in [-0.39, 0.29) is 17.2 Å². The van der Waals surface area contributed by atoms with Crippen LogP contribution in [0.2, 0.25) is 5.02 Å². The van der Waals surface area contributed by atoms with Crippen molar-refractivity contribution in [3.05, 3.63) is 40.4 Å². The third-order valence-electron chi connectivity index (χ3n) is 1.66. The molecule has 0 aromatic heterocycles. The van der Waals surface area contributed by atoms with E-state index in [1.807, 2.05) is 0 Å². The molecule has 0 atom stereocenters. The van der Waals surface area contributed by atoms with Crippen LogP contribution in [0.25, 0.3) is 6.08 Å². The van der Waals surface area contributed by atoms with Crippen LogP contribution in [0.1, 0.15) is 15.9 Å². The summed E-state index contributed by atoms with van der Waals surface area (Å²) in [4.78, 5) is 10.7. The second kappa shape index (κ2) is 4.79. The number of benzene rings is 1. The normalized spacial score (nSPS) is 10.7. The van der Waals surface area contributed by atoms with Crippen LogP contribution in [0.15, 0.2) is 24.3 Å². The number of hydrogen-bond acceptors (Lipinski definition) is 2. The van der Waals surface area contributed by atoms with Gasteiger partial charge in [-0.2, -0.15) is 0 Å². The number of carboxylic acids is 1. The summed E-state index contributed by atoms with van der Waals surface area (Å²) < 4.78 is 0. The zero-order chi connectivity index (χ0) is 10.6. The summed E-state index contributed by atoms with van der Waals surface area (Å²) in [5.41, 5.74) is 0.646. The molecule has 74 valence electrons. The van der Waals surface area contributed by atoms with Gasteiger partial charge in [-0.05, 0) is 11.6 Å². The van der Waals surface area contributed by atoms with Crippen LogP contribution >= 0.6 is 11.6 Å². The molecule has 0 amide bonds. The fourth-order valence-electron chi connectivity index (χ4n) is 1.02. The minimum Gasteiger partial charge on any atom is -0.478 e. The Balaban J connectivity index is 3.14. The molecule has 0 aliphatic carbocycles. The second-order valence-electron chi connectivity index (χ2n) is 2.60. The van der Waals surface area contributed by atoms with Crippen molar-refractivity contribution in [2.75, 3.05) is 6.61 Å². The standard InChI is InChI=1S/C10H9ClO3/c11-9-7(4-2-6-12)3-1-5-8(9)10(13)14/h1-5,12H,6H2,(H,13,14). The van der Waals surface area contributed by atoms with Gasteiger partial charge in [0.15, 0.2) is 0 Å². The highest BCUT2D eigenvalue weighted by molar-refractivity contribution is 6.34. The fraction of sp³-hybridized carbons (Fsp3) is 0.100. The average Bonchev–Trinajstić information content (AvgIpc) is 2.16. The van der Waals surface area contributed by atoms with Crippen LogP contribution in [0.3, 0.4) is 0 Å². The van der Waals surface area contributed by atoms with Gasteiger partial charge < -0.3 is 10.2 Å². The van der Waals surface area contributed by atoms with Crippen molar-refractivity contribution < 1.29 is 15.0 Å². The summed E-state index contributed by atoms with van der Waals surface area (Å²) in [6, 6.07) is 4.72. The lowest BCUT2D eigenvalue weighted by Gasteiger charge is -2.01. The largest absolute Gasteiger partial charge is 0.478 e. The molecule has 0 bridgehead atoms. The van der Waals surface area contributed by atoms with E-state index in [4.69, 9.17) is 21.8 Å². The Morgan fingerprint density at radius 2 is 2.21 bits per heavy atom. The quantitative estimate of drug-likeness (QED) is 0.806. The highest BCUT2D eigenvalue weighted by Crippen LogP contribution is 2.22. The van der Waals surface area contributed by atoms with Crippen molar-refractivity contribution in [3.8, 4) is 0 Å². The Bertz CT molecular complexity index is 372. The van der Waals surface area contributed by atoms with E-state index in [9.17, 15) is 4.79 Å². The first-order chi connectivity index (χ1) is 6.66. The Morgan fingerprint density at radius 3 is 2.79 bits per heavy atom. The summed E-state index contributed by atoms with van der Waals surface area (Å²) in [5.74, 6) is -1.06. The van der Waals surface area contributed by atoms with E-state index in [1.54, 1.807) is 18.2 Å². The number of halogens is 1. The monoisotopic (exact) mass is 212 g/mol. The summed E-state index contributed by atoms with van der Waals surface area (Å²) in [6.45, 7) is -0.104. The van der Waals surface area contributed by atoms with Gasteiger partial charge in [-0.3, -0.25) is 0 Å². The topological polar surface area (TPSA) is 57.5 Å². The summed E-state index contributed by atoms with van der Waals surface area (Å²) >= 11 is 5.83. The van der Waals surface area contributed by atoms with E-state index in [0.29, 0.717) is 5.56 Å². The molecule has 0 spiro atoms. The maximum atomic E-state index is 10.7. The van der Waals surface area contributed by atoms with Gasteiger partial charge in [0, 0.05) is 0 Å². The molecule has 4 heteroatoms. The third kappa shape index (κ3) is 2.34. The Hall–Kier alpha value is -1.32. The molecule has 1 aromatic rings. The summed E-state index contributed by atoms with van der Waals surface area (Å²) in [6.07, 6.45) is 3.07. The fourth-order valence-corrected chi connectivity index (χ4v) is 1.29. The van der Waals surface area contributed by atoms with Crippen LogP contribution in [0.5, 0.6) is 0 Å². The van der Waals surface area contributed by atoms with Crippen LogP contribution < -0.4 is 0 Å². The predicted molar refractivity (Wildman–Crippen MR) is 54.5 cm³/mol. The number of carboxylic acid groups (broad SMARTS) is 1. The number of carbonyl (C=O) groups is 1. The van der Waals surface area contributed by atoms with Crippen LogP contribution in [-0.4, -0.2) is 22.8 Å². The van der Waals surface area contributed by atoms with Gasteiger partial charge in [0.1, 0.15) is 0 Å². The van der Waals surface area contributed by atoms with Crippen molar-refractivity contribution in [2.45, 2.75) is 0 Å². The number of aromatic carboxylic acids is 1. The summed E-state index contributed by atoms with van der Waals surface area (Å²) in [7, 11) is 0. The Morgan fingerprint density at radius 1 is 1.50 bits per heavy atom. The van der Waals surface area contributed by atoms with Crippen molar-refractivity contribution in [1.82, 2.24) is 0 Å². The van der Waals surface area contributed by atoms with Crippen molar-refractivity contribution in [1.29, 1.82) is 0 Å². The highest BCUT2D eigenvalue weighted by Gasteiger charge is 2.09. The maximum absolute atomic E-state index is 10.7. The first-order valence-electron chi connectivity index (χ1n) is 3.96. The molecule has 2 N–H and O–H groups in total. The van der Waals surface area contributed by atoms with Crippen LogP contribution in [-0.2, 0) is 0 Å². The molecule has 0 fully saturated rings. The van der Waals surface area contributed by atoms with Gasteiger partial charge in [0.2, 0.25) is 0 Å². The van der Waals surface area contributed by atoms with Gasteiger partial charge in [0.25, 0.3) is 0 Å².